The summed E-state index contributed by atoms with van der Waals surface area (Å²) in [5.41, 5.74) is 0.804. The molecule has 2 aliphatic rings. The summed E-state index contributed by atoms with van der Waals surface area (Å²) in [6, 6.07) is 5.38. The van der Waals surface area contributed by atoms with E-state index in [1.54, 1.807) is 23.1 Å². The Bertz CT molecular complexity index is 902. The van der Waals surface area contributed by atoms with Crippen LogP contribution in [0.3, 0.4) is 0 Å². The maximum Gasteiger partial charge on any atom is 0.470 e. The second-order valence-electron chi connectivity index (χ2n) is 6.49. The number of carbonyl (C=O) groups excluding carboxylic acids is 1. The molecule has 0 radical (unpaired) electrons. The minimum absolute atomic E-state index is 0.0321. The summed E-state index contributed by atoms with van der Waals surface area (Å²) in [5, 5.41) is 6.56. The monoisotopic (exact) mass is 395 g/mol. The van der Waals surface area contributed by atoms with Crippen LogP contribution in [0.25, 0.3) is 6.08 Å². The van der Waals surface area contributed by atoms with Crippen LogP contribution in [0.5, 0.6) is 11.5 Å². The van der Waals surface area contributed by atoms with Gasteiger partial charge in [0.25, 0.3) is 0 Å². The van der Waals surface area contributed by atoms with Gasteiger partial charge in [-0.15, -0.1) is 10.2 Å². The number of rotatable bonds is 3. The molecule has 1 amide bonds. The number of ether oxygens (including phenoxy) is 2. The first-order valence-corrected chi connectivity index (χ1v) is 8.67. The van der Waals surface area contributed by atoms with E-state index in [1.807, 2.05) is 6.07 Å². The average Bonchev–Trinajstić information content (AvgIpc) is 3.35. The molecule has 0 atom stereocenters. The van der Waals surface area contributed by atoms with E-state index >= 15 is 0 Å². The number of benzene rings is 1. The van der Waals surface area contributed by atoms with Gasteiger partial charge in [-0.25, -0.2) is 0 Å². The third-order valence-corrected chi connectivity index (χ3v) is 4.65. The molecule has 3 heterocycles. The zero-order valence-corrected chi connectivity index (χ0v) is 14.6. The fraction of sp³-hybridized carbons (Fsp3) is 0.389. The highest BCUT2D eigenvalue weighted by Gasteiger charge is 2.39. The van der Waals surface area contributed by atoms with E-state index in [4.69, 9.17) is 13.9 Å². The molecule has 1 saturated heterocycles. The molecule has 0 N–H and O–H groups in total. The first-order valence-electron chi connectivity index (χ1n) is 8.67. The number of halogens is 3. The van der Waals surface area contributed by atoms with Crippen molar-refractivity contribution in [2.75, 3.05) is 19.9 Å². The predicted octanol–water partition coefficient (Wildman–Crippen LogP) is 3.24. The Labute approximate surface area is 157 Å². The lowest BCUT2D eigenvalue weighted by atomic mass is 9.97. The van der Waals surface area contributed by atoms with E-state index in [0.29, 0.717) is 37.4 Å². The highest BCUT2D eigenvalue weighted by atomic mass is 19.4. The summed E-state index contributed by atoms with van der Waals surface area (Å²) < 4.78 is 53.0. The van der Waals surface area contributed by atoms with Crippen molar-refractivity contribution in [3.8, 4) is 11.5 Å². The fourth-order valence-corrected chi connectivity index (χ4v) is 3.15. The zero-order chi connectivity index (χ0) is 19.7. The smallest absolute Gasteiger partial charge is 0.454 e. The Morgan fingerprint density at radius 2 is 1.89 bits per heavy atom. The number of aromatic nitrogens is 2. The van der Waals surface area contributed by atoms with Gasteiger partial charge in [-0.05, 0) is 36.6 Å². The molecule has 28 heavy (non-hydrogen) atoms. The molecule has 1 fully saturated rings. The van der Waals surface area contributed by atoms with Crippen LogP contribution in [0.4, 0.5) is 13.2 Å². The Hall–Kier alpha value is -3.04. The van der Waals surface area contributed by atoms with E-state index in [9.17, 15) is 18.0 Å². The van der Waals surface area contributed by atoms with Crippen LogP contribution in [0.15, 0.2) is 28.7 Å². The highest BCUT2D eigenvalue weighted by Crippen LogP contribution is 2.34. The molecule has 0 spiro atoms. The first-order chi connectivity index (χ1) is 13.4. The largest absolute Gasteiger partial charge is 0.470 e. The van der Waals surface area contributed by atoms with Gasteiger partial charge in [0.2, 0.25) is 18.6 Å². The molecule has 148 valence electrons. The van der Waals surface area contributed by atoms with Gasteiger partial charge in [-0.3, -0.25) is 4.79 Å². The normalized spacial score (nSPS) is 17.5. The second-order valence-corrected chi connectivity index (χ2v) is 6.49. The molecule has 2 aliphatic heterocycles. The number of carbonyl (C=O) groups is 1. The minimum Gasteiger partial charge on any atom is -0.454 e. The molecule has 0 saturated carbocycles. The van der Waals surface area contributed by atoms with Crippen LogP contribution < -0.4 is 9.47 Å². The van der Waals surface area contributed by atoms with Crippen LogP contribution in [0.2, 0.25) is 0 Å². The molecular weight excluding hydrogens is 379 g/mol. The Morgan fingerprint density at radius 3 is 2.61 bits per heavy atom. The van der Waals surface area contributed by atoms with Crippen LogP contribution in [-0.2, 0) is 11.0 Å². The third kappa shape index (κ3) is 3.80. The molecule has 0 unspecified atom stereocenters. The number of alkyl halides is 3. The van der Waals surface area contributed by atoms with E-state index < -0.39 is 12.1 Å². The topological polar surface area (TPSA) is 77.7 Å². The van der Waals surface area contributed by atoms with Gasteiger partial charge in [0.05, 0.1) is 0 Å². The summed E-state index contributed by atoms with van der Waals surface area (Å²) in [6.45, 7) is 0.984. The number of likely N-dealkylation sites (tertiary alicyclic amines) is 1. The van der Waals surface area contributed by atoms with E-state index in [0.717, 1.165) is 5.56 Å². The lowest BCUT2D eigenvalue weighted by Gasteiger charge is -2.29. The fourth-order valence-electron chi connectivity index (χ4n) is 3.15. The van der Waals surface area contributed by atoms with Crippen molar-refractivity contribution in [3.05, 3.63) is 41.6 Å². The molecule has 4 rings (SSSR count). The standard InChI is InChI=1S/C18H16F3N3O4/c19-18(20,21)17-23-22-16(28-17)12-5-7-24(8-6-12)15(25)4-2-11-1-3-13-14(9-11)27-10-26-13/h1-4,9,12H,5-8,10H2. The van der Waals surface area contributed by atoms with Crippen molar-refractivity contribution >= 4 is 12.0 Å². The van der Waals surface area contributed by atoms with Crippen molar-refractivity contribution in [1.29, 1.82) is 0 Å². The second kappa shape index (κ2) is 7.17. The molecule has 10 heteroatoms. The van der Waals surface area contributed by atoms with Crippen molar-refractivity contribution in [2.45, 2.75) is 24.9 Å². The predicted molar refractivity (Wildman–Crippen MR) is 89.5 cm³/mol. The van der Waals surface area contributed by atoms with Crippen LogP contribution in [-0.4, -0.2) is 40.9 Å². The number of hydrogen-bond donors (Lipinski definition) is 0. The maximum atomic E-state index is 12.6. The summed E-state index contributed by atoms with van der Waals surface area (Å²) in [4.78, 5) is 14.0. The number of fused-ring (bicyclic) bond motifs is 1. The quantitative estimate of drug-likeness (QED) is 0.743. The molecule has 0 aliphatic carbocycles. The molecule has 2 aromatic rings. The number of nitrogens with zero attached hydrogens (tertiary/aromatic N) is 3. The maximum absolute atomic E-state index is 12.6. The van der Waals surface area contributed by atoms with Gasteiger partial charge in [0.1, 0.15) is 0 Å². The average molecular weight is 395 g/mol. The lowest BCUT2D eigenvalue weighted by molar-refractivity contribution is -0.157. The van der Waals surface area contributed by atoms with E-state index in [2.05, 4.69) is 10.2 Å². The Morgan fingerprint density at radius 1 is 1.14 bits per heavy atom. The first kappa shape index (κ1) is 18.3. The number of amides is 1. The summed E-state index contributed by atoms with van der Waals surface area (Å²) in [6.07, 6.45) is -0.579. The van der Waals surface area contributed by atoms with Crippen molar-refractivity contribution < 1.29 is 31.9 Å². The van der Waals surface area contributed by atoms with Gasteiger partial charge in [0, 0.05) is 25.1 Å². The van der Waals surface area contributed by atoms with E-state index in [1.165, 1.54) is 6.08 Å². The molecule has 1 aromatic carbocycles. The molecule has 7 nitrogen and oxygen atoms in total. The Kier molecular flexibility index (Phi) is 4.70. The van der Waals surface area contributed by atoms with Gasteiger partial charge >= 0.3 is 12.1 Å². The lowest BCUT2D eigenvalue weighted by Crippen LogP contribution is -2.36. The molecular formula is C18H16F3N3O4. The van der Waals surface area contributed by atoms with Crippen LogP contribution in [0.1, 0.15) is 36.1 Å². The van der Waals surface area contributed by atoms with Crippen LogP contribution >= 0.6 is 0 Å². The highest BCUT2D eigenvalue weighted by molar-refractivity contribution is 5.92. The minimum atomic E-state index is -4.65. The summed E-state index contributed by atoms with van der Waals surface area (Å²) >= 11 is 0. The zero-order valence-electron chi connectivity index (χ0n) is 14.6. The summed E-state index contributed by atoms with van der Waals surface area (Å²) in [7, 11) is 0. The van der Waals surface area contributed by atoms with Crippen molar-refractivity contribution in [2.24, 2.45) is 0 Å². The SMILES string of the molecule is O=C(C=Cc1ccc2c(c1)OCO2)N1CCC(c2nnc(C(F)(F)F)o2)CC1. The molecule has 1 aromatic heterocycles. The molecule has 0 bridgehead atoms. The van der Waals surface area contributed by atoms with Gasteiger partial charge in [0.15, 0.2) is 11.5 Å². The van der Waals surface area contributed by atoms with Gasteiger partial charge in [-0.2, -0.15) is 13.2 Å². The van der Waals surface area contributed by atoms with Crippen molar-refractivity contribution in [3.63, 3.8) is 0 Å². The van der Waals surface area contributed by atoms with Crippen LogP contribution in [0, 0.1) is 0 Å². The van der Waals surface area contributed by atoms with Gasteiger partial charge in [-0.1, -0.05) is 6.07 Å². The Balaban J connectivity index is 1.33. The third-order valence-electron chi connectivity index (χ3n) is 4.65. The number of hydrogen-bond acceptors (Lipinski definition) is 6. The summed E-state index contributed by atoms with van der Waals surface area (Å²) in [5.74, 6) is -0.528. The number of piperidine rings is 1. The van der Waals surface area contributed by atoms with Gasteiger partial charge < -0.3 is 18.8 Å². The van der Waals surface area contributed by atoms with Crippen molar-refractivity contribution in [1.82, 2.24) is 15.1 Å². The van der Waals surface area contributed by atoms with E-state index in [-0.39, 0.29) is 24.5 Å².